The topological polar surface area (TPSA) is 78.4 Å². The summed E-state index contributed by atoms with van der Waals surface area (Å²) in [6.45, 7) is 8.99. The molecule has 0 bridgehead atoms. The van der Waals surface area contributed by atoms with Gasteiger partial charge in [-0.1, -0.05) is 26.1 Å². The Hall–Kier alpha value is -1.14. The molecule has 18 heavy (non-hydrogen) atoms. The van der Waals surface area contributed by atoms with Crippen molar-refractivity contribution in [2.24, 2.45) is 5.92 Å². The highest BCUT2D eigenvalue weighted by atomic mass is 28.3. The second-order valence-corrected chi connectivity index (χ2v) is 7.51. The molecule has 1 unspecified atom stereocenters. The number of carbonyl (C=O) groups is 2. The number of nitrogens with one attached hydrogen (secondary N) is 2. The lowest BCUT2D eigenvalue weighted by atomic mass is 10.2. The van der Waals surface area contributed by atoms with Gasteiger partial charge in [0.1, 0.15) is 0 Å². The van der Waals surface area contributed by atoms with Gasteiger partial charge in [-0.15, -0.1) is 0 Å². The summed E-state index contributed by atoms with van der Waals surface area (Å²) in [5.74, 6) is -0.829. The van der Waals surface area contributed by atoms with E-state index in [1.807, 2.05) is 0 Å². The molecule has 0 aliphatic rings. The molecular weight excluding hydrogens is 248 g/mol. The zero-order valence-corrected chi connectivity index (χ0v) is 12.3. The van der Waals surface area contributed by atoms with E-state index in [1.54, 1.807) is 0 Å². The van der Waals surface area contributed by atoms with Crippen molar-refractivity contribution in [3.8, 4) is 0 Å². The van der Waals surface area contributed by atoms with E-state index < -0.39 is 5.97 Å². The van der Waals surface area contributed by atoms with E-state index in [-0.39, 0.29) is 14.7 Å². The number of aliphatic carboxylic acids is 1. The summed E-state index contributed by atoms with van der Waals surface area (Å²) in [6.07, 6.45) is 1.85. The van der Waals surface area contributed by atoms with Crippen molar-refractivity contribution in [2.45, 2.75) is 26.1 Å². The van der Waals surface area contributed by atoms with Crippen LogP contribution in [0.15, 0.2) is 12.2 Å². The third-order valence-electron chi connectivity index (χ3n) is 2.23. The summed E-state index contributed by atoms with van der Waals surface area (Å²) < 4.78 is 0. The predicted molar refractivity (Wildman–Crippen MR) is 74.1 cm³/mol. The molecule has 0 heterocycles. The molecule has 103 valence electrons. The number of carboxylic acid groups (broad SMARTS) is 1. The van der Waals surface area contributed by atoms with Crippen LogP contribution in [0.1, 0.15) is 6.92 Å². The predicted octanol–water partition coefficient (Wildman–Crippen LogP) is 0.724. The van der Waals surface area contributed by atoms with Gasteiger partial charge in [-0.25, -0.2) is 4.79 Å². The van der Waals surface area contributed by atoms with Gasteiger partial charge in [0.25, 0.3) is 0 Å². The van der Waals surface area contributed by atoms with Gasteiger partial charge < -0.3 is 15.7 Å². The Morgan fingerprint density at radius 3 is 2.50 bits per heavy atom. The Morgan fingerprint density at radius 1 is 1.28 bits per heavy atom. The van der Waals surface area contributed by atoms with Crippen LogP contribution in [0.2, 0.25) is 19.1 Å². The normalized spacial score (nSPS) is 12.9. The minimum Gasteiger partial charge on any atom is -0.478 e. The van der Waals surface area contributed by atoms with Gasteiger partial charge in [0.05, 0.1) is 0 Å². The smallest absolute Gasteiger partial charge is 0.328 e. The van der Waals surface area contributed by atoms with E-state index in [0.29, 0.717) is 19.0 Å². The highest BCUT2D eigenvalue weighted by Gasteiger charge is 2.05. The number of hydrogen-bond acceptors (Lipinski definition) is 3. The molecule has 0 saturated heterocycles. The van der Waals surface area contributed by atoms with E-state index in [0.717, 1.165) is 18.7 Å². The van der Waals surface area contributed by atoms with Gasteiger partial charge in [-0.2, -0.15) is 0 Å². The average molecular weight is 271 g/mol. The summed E-state index contributed by atoms with van der Waals surface area (Å²) in [6, 6.07) is 1.28. The van der Waals surface area contributed by atoms with E-state index in [1.165, 1.54) is 6.04 Å². The molecule has 6 heteroatoms. The number of carbonyl (C=O) groups excluding carboxylic acids is 1. The molecule has 0 aromatic heterocycles. The Bertz CT molecular complexity index is 293. The van der Waals surface area contributed by atoms with Gasteiger partial charge in [-0.3, -0.25) is 4.79 Å². The molecule has 0 saturated carbocycles. The molecule has 1 radical (unpaired) electrons. The van der Waals surface area contributed by atoms with Crippen LogP contribution in [0.5, 0.6) is 0 Å². The van der Waals surface area contributed by atoms with Crippen molar-refractivity contribution in [1.82, 2.24) is 10.6 Å². The summed E-state index contributed by atoms with van der Waals surface area (Å²) in [5, 5.41) is 14.2. The zero-order valence-electron chi connectivity index (χ0n) is 11.3. The van der Waals surface area contributed by atoms with Crippen LogP contribution in [0, 0.1) is 5.92 Å². The van der Waals surface area contributed by atoms with Crippen LogP contribution in [-0.4, -0.2) is 45.4 Å². The van der Waals surface area contributed by atoms with Gasteiger partial charge in [0.2, 0.25) is 5.91 Å². The Labute approximate surface area is 110 Å². The number of hydrogen-bond donors (Lipinski definition) is 3. The van der Waals surface area contributed by atoms with Crippen LogP contribution < -0.4 is 10.6 Å². The molecule has 0 aliphatic carbocycles. The number of rotatable bonds is 9. The van der Waals surface area contributed by atoms with E-state index in [9.17, 15) is 9.59 Å². The van der Waals surface area contributed by atoms with Gasteiger partial charge in [0, 0.05) is 34.0 Å². The highest BCUT2D eigenvalue weighted by Crippen LogP contribution is 2.04. The van der Waals surface area contributed by atoms with Crippen molar-refractivity contribution in [3.05, 3.63) is 12.2 Å². The van der Waals surface area contributed by atoms with E-state index >= 15 is 0 Å². The van der Waals surface area contributed by atoms with Crippen molar-refractivity contribution in [3.63, 3.8) is 0 Å². The SMILES string of the molecule is CC(CNCCNC(=O)/C=C/C(=O)O)C[Si](C)C. The fourth-order valence-corrected chi connectivity index (χ4v) is 3.14. The minimum absolute atomic E-state index is 0.179. The lowest BCUT2D eigenvalue weighted by Gasteiger charge is -2.13. The third-order valence-corrected chi connectivity index (χ3v) is 3.74. The van der Waals surface area contributed by atoms with Crippen molar-refractivity contribution >= 4 is 20.7 Å². The molecule has 0 fully saturated rings. The summed E-state index contributed by atoms with van der Waals surface area (Å²) >= 11 is 0. The maximum atomic E-state index is 11.1. The van der Waals surface area contributed by atoms with E-state index in [4.69, 9.17) is 5.11 Å². The summed E-state index contributed by atoms with van der Waals surface area (Å²) in [4.78, 5) is 21.3. The Kier molecular flexibility index (Phi) is 9.22. The molecule has 0 rings (SSSR count). The molecule has 3 N–H and O–H groups in total. The molecule has 0 spiro atoms. The first-order valence-electron chi connectivity index (χ1n) is 6.10. The van der Waals surface area contributed by atoms with Crippen LogP contribution in [0.4, 0.5) is 0 Å². The first kappa shape index (κ1) is 16.9. The van der Waals surface area contributed by atoms with Gasteiger partial charge in [-0.05, 0) is 12.5 Å². The molecule has 0 aliphatic heterocycles. The number of amides is 1. The standard InChI is InChI=1S/C12H23N2O3Si/c1-10(9-18(2)3)8-13-6-7-14-11(15)4-5-12(16)17/h4-5,10,13H,6-9H2,1-3H3,(H,14,15)(H,16,17)/b5-4+. The van der Waals surface area contributed by atoms with Crippen molar-refractivity contribution < 1.29 is 14.7 Å². The summed E-state index contributed by atoms with van der Waals surface area (Å²) in [7, 11) is -0.179. The maximum Gasteiger partial charge on any atom is 0.328 e. The minimum atomic E-state index is -1.12. The monoisotopic (exact) mass is 271 g/mol. The second kappa shape index (κ2) is 9.84. The molecular formula is C12H23N2O3Si. The van der Waals surface area contributed by atoms with Crippen molar-refractivity contribution in [2.75, 3.05) is 19.6 Å². The van der Waals surface area contributed by atoms with Crippen LogP contribution in [0.25, 0.3) is 0 Å². The fraction of sp³-hybridized carbons (Fsp3) is 0.667. The van der Waals surface area contributed by atoms with Gasteiger partial charge in [0.15, 0.2) is 0 Å². The second-order valence-electron chi connectivity index (χ2n) is 4.68. The fourth-order valence-electron chi connectivity index (χ4n) is 1.60. The van der Waals surface area contributed by atoms with Crippen LogP contribution in [-0.2, 0) is 9.59 Å². The Balaban J connectivity index is 3.51. The van der Waals surface area contributed by atoms with Crippen LogP contribution in [0.3, 0.4) is 0 Å². The molecule has 1 atom stereocenters. The zero-order chi connectivity index (χ0) is 14.0. The molecule has 0 aromatic carbocycles. The number of carboxylic acids is 1. The van der Waals surface area contributed by atoms with Gasteiger partial charge >= 0.3 is 5.97 Å². The highest BCUT2D eigenvalue weighted by molar-refractivity contribution is 6.55. The summed E-state index contributed by atoms with van der Waals surface area (Å²) in [5.41, 5.74) is 0. The molecule has 1 amide bonds. The largest absolute Gasteiger partial charge is 0.478 e. The maximum absolute atomic E-state index is 11.1. The average Bonchev–Trinajstić information content (AvgIpc) is 2.24. The molecule has 5 nitrogen and oxygen atoms in total. The lowest BCUT2D eigenvalue weighted by Crippen LogP contribution is -2.33. The lowest BCUT2D eigenvalue weighted by molar-refractivity contribution is -0.131. The van der Waals surface area contributed by atoms with E-state index in [2.05, 4.69) is 30.7 Å². The first-order chi connectivity index (χ1) is 8.41. The first-order valence-corrected chi connectivity index (χ1v) is 8.81. The van der Waals surface area contributed by atoms with Crippen LogP contribution >= 0.6 is 0 Å². The Morgan fingerprint density at radius 2 is 1.94 bits per heavy atom. The quantitative estimate of drug-likeness (QED) is 0.328. The molecule has 0 aromatic rings. The van der Waals surface area contributed by atoms with Crippen molar-refractivity contribution in [1.29, 1.82) is 0 Å². The third kappa shape index (κ3) is 11.3.